The molecule has 110 valence electrons. The number of likely N-dealkylation sites (N-methyl/N-ethyl adjacent to an activating group) is 1. The van der Waals surface area contributed by atoms with E-state index in [0.29, 0.717) is 24.5 Å². The lowest BCUT2D eigenvalue weighted by Gasteiger charge is -2.20. The van der Waals surface area contributed by atoms with E-state index in [4.69, 9.17) is 0 Å². The Balaban J connectivity index is 2.36. The van der Waals surface area contributed by atoms with E-state index in [1.165, 1.54) is 17.1 Å². The van der Waals surface area contributed by atoms with Crippen LogP contribution in [-0.2, 0) is 9.59 Å². The third-order valence-corrected chi connectivity index (χ3v) is 3.33. The number of hydrogen-bond acceptors (Lipinski definition) is 3. The van der Waals surface area contributed by atoms with Crippen LogP contribution in [0.4, 0.5) is 5.69 Å². The minimum Gasteiger partial charge on any atom is -0.503 e. The number of carbonyl (C=O) groups excluding carboxylic acids is 2. The molecule has 0 spiro atoms. The first-order valence-electron chi connectivity index (χ1n) is 6.89. The van der Waals surface area contributed by atoms with Crippen LogP contribution in [0.25, 0.3) is 0 Å². The number of anilines is 1. The smallest absolute Gasteiger partial charge is 0.297 e. The highest BCUT2D eigenvalue weighted by atomic mass is 16.3. The van der Waals surface area contributed by atoms with Gasteiger partial charge in [0, 0.05) is 30.9 Å². The van der Waals surface area contributed by atoms with Crippen molar-refractivity contribution >= 4 is 17.5 Å². The third-order valence-electron chi connectivity index (χ3n) is 3.33. The summed E-state index contributed by atoms with van der Waals surface area (Å²) in [6.07, 6.45) is 2.69. The average molecular weight is 286 g/mol. The zero-order chi connectivity index (χ0) is 15.4. The number of para-hydroxylation sites is 1. The van der Waals surface area contributed by atoms with Gasteiger partial charge in [0.15, 0.2) is 5.76 Å². The van der Waals surface area contributed by atoms with Crippen molar-refractivity contribution in [2.45, 2.75) is 13.8 Å². The van der Waals surface area contributed by atoms with Crippen molar-refractivity contribution in [2.24, 2.45) is 0 Å². The van der Waals surface area contributed by atoms with Gasteiger partial charge in [-0.2, -0.15) is 0 Å². The van der Waals surface area contributed by atoms with Gasteiger partial charge in [0.25, 0.3) is 5.91 Å². The summed E-state index contributed by atoms with van der Waals surface area (Å²) in [5.41, 5.74) is 0.988. The predicted molar refractivity (Wildman–Crippen MR) is 80.7 cm³/mol. The number of amides is 2. The van der Waals surface area contributed by atoms with Crippen molar-refractivity contribution in [1.29, 1.82) is 0 Å². The minimum absolute atomic E-state index is 0.185. The van der Waals surface area contributed by atoms with Crippen LogP contribution in [0, 0.1) is 0 Å². The van der Waals surface area contributed by atoms with E-state index in [9.17, 15) is 14.7 Å². The number of benzene rings is 1. The predicted octanol–water partition coefficient (Wildman–Crippen LogP) is 2.23. The Kier molecular flexibility index (Phi) is 4.42. The number of allylic oxidation sites excluding steroid dienone is 1. The normalized spacial score (nSPS) is 16.3. The van der Waals surface area contributed by atoms with Gasteiger partial charge >= 0.3 is 0 Å². The van der Waals surface area contributed by atoms with Crippen LogP contribution in [0.3, 0.4) is 0 Å². The van der Waals surface area contributed by atoms with Gasteiger partial charge in [-0.15, -0.1) is 0 Å². The molecule has 0 fully saturated rings. The van der Waals surface area contributed by atoms with Crippen molar-refractivity contribution in [2.75, 3.05) is 18.0 Å². The van der Waals surface area contributed by atoms with E-state index in [1.807, 2.05) is 19.9 Å². The first kappa shape index (κ1) is 14.8. The van der Waals surface area contributed by atoms with E-state index in [1.54, 1.807) is 29.2 Å². The second-order valence-electron chi connectivity index (χ2n) is 4.59. The van der Waals surface area contributed by atoms with Crippen LogP contribution in [-0.4, -0.2) is 34.9 Å². The summed E-state index contributed by atoms with van der Waals surface area (Å²) in [5, 5.41) is 9.67. The Labute approximate surface area is 123 Å². The SMILES string of the molecule is CCN(CC)C(=O)/C=C1\C=C(O)C(=O)N1c1ccccc1. The molecule has 1 aliphatic rings. The molecule has 1 aromatic rings. The highest BCUT2D eigenvalue weighted by Gasteiger charge is 2.30. The summed E-state index contributed by atoms with van der Waals surface area (Å²) >= 11 is 0. The minimum atomic E-state index is -0.528. The summed E-state index contributed by atoms with van der Waals surface area (Å²) in [5.74, 6) is -1.08. The molecule has 0 saturated carbocycles. The number of rotatable bonds is 4. The molecule has 2 rings (SSSR count). The number of carbonyl (C=O) groups is 2. The van der Waals surface area contributed by atoms with Crippen LogP contribution in [0.2, 0.25) is 0 Å². The molecule has 0 saturated heterocycles. The van der Waals surface area contributed by atoms with Gasteiger partial charge in [0.1, 0.15) is 0 Å². The van der Waals surface area contributed by atoms with Gasteiger partial charge in [-0.05, 0) is 26.0 Å². The van der Waals surface area contributed by atoms with Crippen molar-refractivity contribution in [3.05, 3.63) is 53.9 Å². The van der Waals surface area contributed by atoms with Gasteiger partial charge in [-0.25, -0.2) is 0 Å². The van der Waals surface area contributed by atoms with Crippen LogP contribution in [0.1, 0.15) is 13.8 Å². The summed E-state index contributed by atoms with van der Waals surface area (Å²) in [6, 6.07) is 8.92. The van der Waals surface area contributed by atoms with Gasteiger partial charge in [0.2, 0.25) is 5.91 Å². The molecule has 1 aromatic carbocycles. The number of nitrogens with zero attached hydrogens (tertiary/aromatic N) is 2. The Hall–Kier alpha value is -2.56. The fourth-order valence-corrected chi connectivity index (χ4v) is 2.20. The van der Waals surface area contributed by atoms with E-state index >= 15 is 0 Å². The molecule has 5 nitrogen and oxygen atoms in total. The number of aliphatic hydroxyl groups is 1. The molecular weight excluding hydrogens is 268 g/mol. The molecule has 21 heavy (non-hydrogen) atoms. The molecule has 5 heteroatoms. The Morgan fingerprint density at radius 2 is 1.86 bits per heavy atom. The Morgan fingerprint density at radius 3 is 2.43 bits per heavy atom. The van der Waals surface area contributed by atoms with Crippen molar-refractivity contribution in [1.82, 2.24) is 4.90 Å². The zero-order valence-corrected chi connectivity index (χ0v) is 12.1. The van der Waals surface area contributed by atoms with Gasteiger partial charge in [-0.3, -0.25) is 14.5 Å². The number of hydrogen-bond donors (Lipinski definition) is 1. The van der Waals surface area contributed by atoms with Crippen LogP contribution >= 0.6 is 0 Å². The molecule has 0 aromatic heterocycles. The van der Waals surface area contributed by atoms with Crippen LogP contribution in [0.5, 0.6) is 0 Å². The molecule has 1 heterocycles. The topological polar surface area (TPSA) is 60.9 Å². The standard InChI is InChI=1S/C16H18N2O3/c1-3-17(4-2)15(20)11-13-10-14(19)16(21)18(13)12-8-6-5-7-9-12/h5-11,19H,3-4H2,1-2H3/b13-11+. The zero-order valence-electron chi connectivity index (χ0n) is 12.1. The largest absolute Gasteiger partial charge is 0.503 e. The van der Waals surface area contributed by atoms with E-state index in [2.05, 4.69) is 0 Å². The van der Waals surface area contributed by atoms with Crippen molar-refractivity contribution < 1.29 is 14.7 Å². The molecule has 1 N–H and O–H groups in total. The van der Waals surface area contributed by atoms with Crippen LogP contribution < -0.4 is 4.90 Å². The molecule has 0 unspecified atom stereocenters. The van der Waals surface area contributed by atoms with Crippen molar-refractivity contribution in [3.8, 4) is 0 Å². The lowest BCUT2D eigenvalue weighted by Crippen LogP contribution is -2.31. The van der Waals surface area contributed by atoms with Gasteiger partial charge in [-0.1, -0.05) is 18.2 Å². The number of aliphatic hydroxyl groups excluding tert-OH is 1. The van der Waals surface area contributed by atoms with E-state index in [0.717, 1.165) is 0 Å². The second-order valence-corrected chi connectivity index (χ2v) is 4.59. The highest BCUT2D eigenvalue weighted by molar-refractivity contribution is 6.11. The summed E-state index contributed by atoms with van der Waals surface area (Å²) < 4.78 is 0. The van der Waals surface area contributed by atoms with Gasteiger partial charge < -0.3 is 10.0 Å². The quantitative estimate of drug-likeness (QED) is 0.863. The molecule has 0 aliphatic carbocycles. The Morgan fingerprint density at radius 1 is 1.24 bits per heavy atom. The first-order valence-corrected chi connectivity index (χ1v) is 6.89. The monoisotopic (exact) mass is 286 g/mol. The highest BCUT2D eigenvalue weighted by Crippen LogP contribution is 2.27. The molecular formula is C16H18N2O3. The maximum Gasteiger partial charge on any atom is 0.297 e. The lowest BCUT2D eigenvalue weighted by atomic mass is 10.2. The van der Waals surface area contributed by atoms with Crippen LogP contribution in [0.15, 0.2) is 53.9 Å². The molecule has 0 atom stereocenters. The Bertz CT molecular complexity index is 601. The van der Waals surface area contributed by atoms with Gasteiger partial charge in [0.05, 0.1) is 5.70 Å². The van der Waals surface area contributed by atoms with E-state index < -0.39 is 5.91 Å². The fourth-order valence-electron chi connectivity index (χ4n) is 2.20. The molecule has 1 aliphatic heterocycles. The summed E-state index contributed by atoms with van der Waals surface area (Å²) in [4.78, 5) is 27.2. The molecule has 2 amide bonds. The summed E-state index contributed by atoms with van der Waals surface area (Å²) in [7, 11) is 0. The summed E-state index contributed by atoms with van der Waals surface area (Å²) in [6.45, 7) is 4.96. The fraction of sp³-hybridized carbons (Fsp3) is 0.250. The first-order chi connectivity index (χ1) is 10.1. The maximum absolute atomic E-state index is 12.2. The second kappa shape index (κ2) is 6.26. The third kappa shape index (κ3) is 2.97. The molecule has 0 bridgehead atoms. The van der Waals surface area contributed by atoms with E-state index in [-0.39, 0.29) is 11.7 Å². The average Bonchev–Trinajstić information content (AvgIpc) is 2.76. The maximum atomic E-state index is 12.2. The molecule has 0 radical (unpaired) electrons. The lowest BCUT2D eigenvalue weighted by molar-refractivity contribution is -0.125. The van der Waals surface area contributed by atoms with Crippen molar-refractivity contribution in [3.63, 3.8) is 0 Å².